The summed E-state index contributed by atoms with van der Waals surface area (Å²) in [5.74, 6) is 0.173. The summed E-state index contributed by atoms with van der Waals surface area (Å²) < 4.78 is 1.91. The zero-order valence-electron chi connectivity index (χ0n) is 15.2. The summed E-state index contributed by atoms with van der Waals surface area (Å²) >= 11 is 9.69. The molecule has 1 aromatic heterocycles. The van der Waals surface area contributed by atoms with Gasteiger partial charge in [-0.2, -0.15) is 10.2 Å². The van der Waals surface area contributed by atoms with Gasteiger partial charge in [0.25, 0.3) is 0 Å². The monoisotopic (exact) mass is 416 g/mol. The molecule has 0 aliphatic carbocycles. The van der Waals surface area contributed by atoms with Crippen molar-refractivity contribution in [2.75, 3.05) is 0 Å². The molecule has 4 aromatic rings. The summed E-state index contributed by atoms with van der Waals surface area (Å²) in [5.41, 5.74) is 4.37. The molecular formula is C22H16N4OS2. The Kier molecular flexibility index (Phi) is 5.50. The number of thiol groups is 1. The molecule has 0 bridgehead atoms. The number of nitrogens with zero attached hydrogens (tertiary/aromatic N) is 4. The Balaban J connectivity index is 1.94. The van der Waals surface area contributed by atoms with E-state index in [9.17, 15) is 5.11 Å². The minimum absolute atomic E-state index is 0.173. The zero-order chi connectivity index (χ0) is 20.2. The summed E-state index contributed by atoms with van der Waals surface area (Å²) in [4.78, 5) is 0. The minimum atomic E-state index is 0.173. The van der Waals surface area contributed by atoms with Crippen molar-refractivity contribution in [3.63, 3.8) is 0 Å². The molecule has 1 N–H and O–H groups in total. The number of thiocarbonyl (C=S) groups is 1. The van der Waals surface area contributed by atoms with Crippen LogP contribution in [-0.2, 0) is 0 Å². The molecule has 0 spiro atoms. The van der Waals surface area contributed by atoms with Gasteiger partial charge in [-0.1, -0.05) is 72.9 Å². The lowest BCUT2D eigenvalue weighted by molar-refractivity contribution is 0.475. The fourth-order valence-corrected chi connectivity index (χ4v) is 3.19. The van der Waals surface area contributed by atoms with Crippen molar-refractivity contribution < 1.29 is 5.11 Å². The molecular weight excluding hydrogens is 400 g/mol. The van der Waals surface area contributed by atoms with Crippen molar-refractivity contribution in [3.05, 3.63) is 84.9 Å². The fraction of sp³-hybridized carbons (Fsp3) is 0. The van der Waals surface area contributed by atoms with Gasteiger partial charge >= 0.3 is 0 Å². The van der Waals surface area contributed by atoms with E-state index in [1.807, 2.05) is 60.7 Å². The van der Waals surface area contributed by atoms with Crippen LogP contribution in [-0.4, -0.2) is 19.2 Å². The van der Waals surface area contributed by atoms with Crippen molar-refractivity contribution >= 4 is 40.5 Å². The number of azo groups is 1. The predicted molar refractivity (Wildman–Crippen MR) is 122 cm³/mol. The SMILES string of the molecule is Oc1ccc(N=Nc2c(-c3ccccc3)nn(C(=S)S)c2-c2ccccc2)cc1. The molecule has 1 heterocycles. The highest BCUT2D eigenvalue weighted by Crippen LogP contribution is 2.40. The van der Waals surface area contributed by atoms with Gasteiger partial charge in [-0.05, 0) is 24.3 Å². The van der Waals surface area contributed by atoms with Gasteiger partial charge < -0.3 is 5.11 Å². The molecule has 0 saturated carbocycles. The topological polar surface area (TPSA) is 62.8 Å². The fourth-order valence-electron chi connectivity index (χ4n) is 2.92. The second-order valence-corrected chi connectivity index (χ2v) is 7.30. The first-order valence-electron chi connectivity index (χ1n) is 8.81. The third-order valence-corrected chi connectivity index (χ3v) is 4.61. The molecule has 0 aliphatic rings. The van der Waals surface area contributed by atoms with Crippen LogP contribution < -0.4 is 0 Å². The third-order valence-electron chi connectivity index (χ3n) is 4.25. The normalized spacial score (nSPS) is 11.1. The lowest BCUT2D eigenvalue weighted by Crippen LogP contribution is -2.05. The number of aromatic nitrogens is 2. The van der Waals surface area contributed by atoms with E-state index in [-0.39, 0.29) is 5.75 Å². The number of aromatic hydroxyl groups is 1. The van der Waals surface area contributed by atoms with Crippen LogP contribution in [0, 0.1) is 0 Å². The summed E-state index contributed by atoms with van der Waals surface area (Å²) in [5, 5.41) is 23.1. The van der Waals surface area contributed by atoms with Crippen LogP contribution in [0.5, 0.6) is 5.75 Å². The Morgan fingerprint density at radius 3 is 2.00 bits per heavy atom. The maximum Gasteiger partial charge on any atom is 0.158 e. The van der Waals surface area contributed by atoms with Crippen molar-refractivity contribution in [3.8, 4) is 28.3 Å². The highest BCUT2D eigenvalue weighted by Gasteiger charge is 2.22. The number of hydrogen-bond donors (Lipinski definition) is 2. The molecule has 4 rings (SSSR count). The maximum absolute atomic E-state index is 9.48. The largest absolute Gasteiger partial charge is 0.508 e. The zero-order valence-corrected chi connectivity index (χ0v) is 16.9. The van der Waals surface area contributed by atoms with Crippen LogP contribution in [0.1, 0.15) is 0 Å². The molecule has 0 atom stereocenters. The first kappa shape index (κ1) is 19.0. The van der Waals surface area contributed by atoms with Crippen LogP contribution in [0.4, 0.5) is 11.4 Å². The number of rotatable bonds is 4. The van der Waals surface area contributed by atoms with E-state index in [2.05, 4.69) is 28.0 Å². The summed E-state index contributed by atoms with van der Waals surface area (Å²) in [7, 11) is 0. The molecule has 0 radical (unpaired) electrons. The highest BCUT2D eigenvalue weighted by atomic mass is 32.1. The van der Waals surface area contributed by atoms with Gasteiger partial charge in [0.15, 0.2) is 4.32 Å². The Hall–Kier alpha value is -3.29. The Morgan fingerprint density at radius 2 is 1.41 bits per heavy atom. The third kappa shape index (κ3) is 4.11. The summed E-state index contributed by atoms with van der Waals surface area (Å²) in [6, 6.07) is 26.0. The van der Waals surface area contributed by atoms with Crippen LogP contribution in [0.25, 0.3) is 22.5 Å². The average molecular weight is 417 g/mol. The van der Waals surface area contributed by atoms with E-state index in [0.717, 1.165) is 11.1 Å². The number of phenols is 1. The van der Waals surface area contributed by atoms with Crippen LogP contribution in [0.2, 0.25) is 0 Å². The number of hydrogen-bond acceptors (Lipinski definition) is 5. The smallest absolute Gasteiger partial charge is 0.158 e. The summed E-state index contributed by atoms with van der Waals surface area (Å²) in [6.07, 6.45) is 0. The van der Waals surface area contributed by atoms with E-state index in [4.69, 9.17) is 12.2 Å². The quantitative estimate of drug-likeness (QED) is 0.230. The molecule has 0 unspecified atom stereocenters. The number of benzene rings is 3. The molecule has 0 amide bonds. The first-order chi connectivity index (χ1) is 14.1. The average Bonchev–Trinajstić information content (AvgIpc) is 3.14. The van der Waals surface area contributed by atoms with Crippen LogP contribution in [0.15, 0.2) is 95.2 Å². The standard InChI is InChI=1S/C22H16N4OS2/c27-18-13-11-17(12-14-18)23-24-20-19(15-7-3-1-4-8-15)25-26(22(28)29)21(20)16-9-5-2-6-10-16/h1-14,27H,(H,28,29). The molecule has 0 fully saturated rings. The van der Waals surface area contributed by atoms with Gasteiger partial charge in [-0.25, -0.2) is 4.68 Å². The van der Waals surface area contributed by atoms with E-state index in [0.29, 0.717) is 27.1 Å². The second-order valence-electron chi connectivity index (χ2n) is 6.19. The molecule has 7 heteroatoms. The molecule has 3 aromatic carbocycles. The van der Waals surface area contributed by atoms with Crippen LogP contribution in [0.3, 0.4) is 0 Å². The van der Waals surface area contributed by atoms with Gasteiger partial charge in [-0.15, -0.1) is 17.7 Å². The van der Waals surface area contributed by atoms with Gasteiger partial charge in [0.05, 0.1) is 5.69 Å². The van der Waals surface area contributed by atoms with Crippen molar-refractivity contribution in [1.29, 1.82) is 0 Å². The minimum Gasteiger partial charge on any atom is -0.508 e. The van der Waals surface area contributed by atoms with Crippen molar-refractivity contribution in [1.82, 2.24) is 9.78 Å². The molecule has 29 heavy (non-hydrogen) atoms. The molecule has 5 nitrogen and oxygen atoms in total. The Bertz CT molecular complexity index is 1170. The van der Waals surface area contributed by atoms with Gasteiger partial charge in [-0.3, -0.25) is 0 Å². The van der Waals surface area contributed by atoms with E-state index < -0.39 is 0 Å². The molecule has 0 aliphatic heterocycles. The first-order valence-corrected chi connectivity index (χ1v) is 9.67. The Morgan fingerprint density at radius 1 is 0.828 bits per heavy atom. The predicted octanol–water partition coefficient (Wildman–Crippen LogP) is 6.40. The van der Waals surface area contributed by atoms with E-state index >= 15 is 0 Å². The second kappa shape index (κ2) is 8.38. The Labute approximate surface area is 178 Å². The number of phenolic OH excluding ortho intramolecular Hbond substituents is 1. The molecule has 0 saturated heterocycles. The van der Waals surface area contributed by atoms with Gasteiger partial charge in [0, 0.05) is 11.1 Å². The van der Waals surface area contributed by atoms with Crippen molar-refractivity contribution in [2.24, 2.45) is 10.2 Å². The summed E-state index contributed by atoms with van der Waals surface area (Å²) in [6.45, 7) is 0. The lowest BCUT2D eigenvalue weighted by Gasteiger charge is -2.05. The van der Waals surface area contributed by atoms with Gasteiger partial charge in [0.1, 0.15) is 22.8 Å². The lowest BCUT2D eigenvalue weighted by atomic mass is 10.1. The van der Waals surface area contributed by atoms with E-state index in [1.165, 1.54) is 0 Å². The van der Waals surface area contributed by atoms with E-state index in [1.54, 1.807) is 28.9 Å². The highest BCUT2D eigenvalue weighted by molar-refractivity contribution is 8.11. The maximum atomic E-state index is 9.48. The van der Waals surface area contributed by atoms with Gasteiger partial charge in [0.2, 0.25) is 0 Å². The van der Waals surface area contributed by atoms with Crippen molar-refractivity contribution in [2.45, 2.75) is 0 Å². The van der Waals surface area contributed by atoms with Crippen LogP contribution >= 0.6 is 24.8 Å². The molecule has 142 valence electrons.